The van der Waals surface area contributed by atoms with Gasteiger partial charge in [0.25, 0.3) is 0 Å². The Morgan fingerprint density at radius 1 is 2.00 bits per heavy atom. The zero-order valence-electron chi connectivity index (χ0n) is 3.81. The van der Waals surface area contributed by atoms with Crippen molar-refractivity contribution in [1.29, 1.82) is 5.53 Å². The van der Waals surface area contributed by atoms with Crippen LogP contribution in [0.2, 0.25) is 0 Å². The molecule has 0 heterocycles. The van der Waals surface area contributed by atoms with E-state index in [-0.39, 0.29) is 0 Å². The van der Waals surface area contributed by atoms with Crippen molar-refractivity contribution in [2.24, 2.45) is 10.8 Å². The van der Waals surface area contributed by atoms with Gasteiger partial charge in [0.05, 0.1) is 0 Å². The largest absolute Gasteiger partial charge is 0.405 e. The summed E-state index contributed by atoms with van der Waals surface area (Å²) in [7, 11) is 1.42. The van der Waals surface area contributed by atoms with Crippen LogP contribution >= 0.6 is 0 Å². The second kappa shape index (κ2) is 31.4. The molecular weight excluding hydrogens is 78.1 g/mol. The molecule has 0 aromatic carbocycles. The third-order valence-electron chi connectivity index (χ3n) is 0. The maximum Gasteiger partial charge on any atom is 0.0485 e. The summed E-state index contributed by atoms with van der Waals surface area (Å²) in [5, 5.41) is 2.75. The van der Waals surface area contributed by atoms with Gasteiger partial charge in [0.1, 0.15) is 0 Å². The van der Waals surface area contributed by atoms with Crippen LogP contribution in [0.1, 0.15) is 0 Å². The average Bonchev–Trinajstić information content (AvgIpc) is 1.39. The first-order chi connectivity index (χ1) is 2.83. The minimum absolute atomic E-state index is 1.25. The van der Waals surface area contributed by atoms with E-state index >= 15 is 0 Å². The highest BCUT2D eigenvalue weighted by Gasteiger charge is 1.12. The van der Waals surface area contributed by atoms with Gasteiger partial charge in [0.15, 0.2) is 0 Å². The maximum atomic E-state index is 5.83. The van der Waals surface area contributed by atoms with Crippen molar-refractivity contribution < 1.29 is 0 Å². The molecule has 0 rings (SSSR count). The first-order valence-corrected chi connectivity index (χ1v) is 1.41. The topological polar surface area (TPSA) is 62.2 Å². The van der Waals surface area contributed by atoms with Crippen LogP contribution in [0.4, 0.5) is 0 Å². The fourth-order valence-electron chi connectivity index (χ4n) is 0. The van der Waals surface area contributed by atoms with E-state index in [0.29, 0.717) is 0 Å². The van der Waals surface area contributed by atoms with Crippen LogP contribution in [0.5, 0.6) is 0 Å². The van der Waals surface area contributed by atoms with Crippen molar-refractivity contribution in [2.45, 2.75) is 0 Å². The molecule has 0 aliphatic heterocycles. The van der Waals surface area contributed by atoms with E-state index < -0.39 is 0 Å². The van der Waals surface area contributed by atoms with Gasteiger partial charge in [-0.05, 0) is 6.20 Å². The average molecular weight is 87.1 g/mol. The van der Waals surface area contributed by atoms with Crippen LogP contribution in [0.15, 0.2) is 17.9 Å². The molecule has 3 nitrogen and oxygen atoms in total. The lowest BCUT2D eigenvalue weighted by atomic mass is 11.1. The van der Waals surface area contributed by atoms with E-state index in [0.717, 1.165) is 0 Å². The van der Waals surface area contributed by atoms with Crippen LogP contribution in [0.3, 0.4) is 0 Å². The summed E-state index contributed by atoms with van der Waals surface area (Å²) in [4.78, 5) is 0. The fourth-order valence-corrected chi connectivity index (χ4v) is 0. The van der Waals surface area contributed by atoms with E-state index in [2.05, 4.69) is 17.4 Å². The lowest BCUT2D eigenvalue weighted by molar-refractivity contribution is 1.09. The number of nitrogens with one attached hydrogen (secondary N) is 1. The Bertz CT molecular complexity index is 27.0. The van der Waals surface area contributed by atoms with Crippen LogP contribution in [-0.2, 0) is 0 Å². The molecule has 6 heavy (non-hydrogen) atoms. The van der Waals surface area contributed by atoms with E-state index in [1.165, 1.54) is 13.2 Å². The zero-order valence-corrected chi connectivity index (χ0v) is 3.81. The summed E-state index contributed by atoms with van der Waals surface area (Å²) < 4.78 is 0. The molecule has 0 saturated heterocycles. The molecule has 0 bridgehead atoms. The summed E-state index contributed by atoms with van der Waals surface area (Å²) in [6, 6.07) is 0. The van der Waals surface area contributed by atoms with Crippen LogP contribution in [-0.4, -0.2) is 7.05 Å². The van der Waals surface area contributed by atoms with Crippen molar-refractivity contribution in [3.8, 4) is 0 Å². The molecule has 0 saturated carbocycles. The normalized spacial score (nSPS) is 4.17. The van der Waals surface area contributed by atoms with E-state index in [1.807, 2.05) is 0 Å². The second-order valence-electron chi connectivity index (χ2n) is 0.459. The van der Waals surface area contributed by atoms with Gasteiger partial charge < -0.3 is 5.73 Å². The minimum Gasteiger partial charge on any atom is -0.405 e. The predicted molar refractivity (Wildman–Crippen MR) is 25.5 cm³/mol. The zero-order chi connectivity index (χ0) is 5.41. The maximum absolute atomic E-state index is 5.83. The summed E-state index contributed by atoms with van der Waals surface area (Å²) >= 11 is 0. The minimum atomic E-state index is 1.25. The van der Waals surface area contributed by atoms with Gasteiger partial charge in [0.2, 0.25) is 0 Å². The molecule has 36 valence electrons. The van der Waals surface area contributed by atoms with Gasteiger partial charge in [-0.15, -0.1) is 0 Å². The van der Waals surface area contributed by atoms with Crippen LogP contribution < -0.4 is 5.73 Å². The summed E-state index contributed by atoms with van der Waals surface area (Å²) in [6.07, 6.45) is 1.25. The molecule has 0 radical (unpaired) electrons. The Balaban J connectivity index is 0. The lowest BCUT2D eigenvalue weighted by Gasteiger charge is -1.40. The molecule has 0 unspecified atom stereocenters. The highest BCUT2D eigenvalue weighted by Crippen LogP contribution is 1.28. The fraction of sp³-hybridized carbons (Fsp3) is 0.333. The van der Waals surface area contributed by atoms with E-state index in [1.54, 1.807) is 0 Å². The number of rotatable bonds is 0. The first kappa shape index (κ1) is 8.94. The summed E-state index contributed by atoms with van der Waals surface area (Å²) in [5.74, 6) is 0. The Labute approximate surface area is 37.4 Å². The number of hydrogen-bond acceptors (Lipinski definition) is 3. The number of hydrogen-bond donors (Lipinski definition) is 2. The predicted octanol–water partition coefficient (Wildman–Crippen LogP) is 0.736. The van der Waals surface area contributed by atoms with Gasteiger partial charge in [-0.1, -0.05) is 6.58 Å². The van der Waals surface area contributed by atoms with E-state index in [9.17, 15) is 0 Å². The van der Waals surface area contributed by atoms with Gasteiger partial charge in [0, 0.05) is 7.05 Å². The molecular formula is C3H9N3. The van der Waals surface area contributed by atoms with Gasteiger partial charge in [-0.25, -0.2) is 10.6 Å². The molecule has 3 N–H and O–H groups in total. The molecule has 0 spiro atoms. The third-order valence-corrected chi connectivity index (χ3v) is 0. The summed E-state index contributed by atoms with van der Waals surface area (Å²) in [5.41, 5.74) is 10.4. The lowest BCUT2D eigenvalue weighted by Crippen LogP contribution is -1.67. The Kier molecular flexibility index (Phi) is 46.8. The second-order valence-corrected chi connectivity index (χ2v) is 0.459. The molecule has 0 aromatic heterocycles. The van der Waals surface area contributed by atoms with Gasteiger partial charge in [-0.3, -0.25) is 0 Å². The van der Waals surface area contributed by atoms with Gasteiger partial charge >= 0.3 is 0 Å². The summed E-state index contributed by atoms with van der Waals surface area (Å²) in [6.45, 7) is 3.14. The van der Waals surface area contributed by atoms with Crippen molar-refractivity contribution in [3.63, 3.8) is 0 Å². The van der Waals surface area contributed by atoms with Gasteiger partial charge in [-0.2, -0.15) is 0 Å². The van der Waals surface area contributed by atoms with Crippen molar-refractivity contribution in [3.05, 3.63) is 12.8 Å². The van der Waals surface area contributed by atoms with Crippen molar-refractivity contribution in [1.82, 2.24) is 0 Å². The molecule has 0 aliphatic carbocycles. The van der Waals surface area contributed by atoms with E-state index in [4.69, 9.17) is 5.53 Å². The quantitative estimate of drug-likeness (QED) is 0.420. The van der Waals surface area contributed by atoms with Crippen molar-refractivity contribution in [2.75, 3.05) is 7.05 Å². The monoisotopic (exact) mass is 87.1 g/mol. The molecule has 0 atom stereocenters. The number of nitrogens with zero attached hydrogens (tertiary/aromatic N) is 1. The third kappa shape index (κ3) is 19.4. The molecule has 0 aliphatic rings. The number of nitrogens with two attached hydrogens (primary N) is 1. The molecule has 0 aromatic rings. The van der Waals surface area contributed by atoms with Crippen LogP contribution in [0, 0.1) is 5.53 Å². The first-order valence-electron chi connectivity index (χ1n) is 1.41. The Morgan fingerprint density at radius 2 is 2.00 bits per heavy atom. The highest BCUT2D eigenvalue weighted by atomic mass is 14.9. The standard InChI is InChI=1S/C2H5N.CH4N2/c1-2-3;1-3-2/h2H,1,3H2;2H,1H3. The SMILES string of the molecule is C=CN.CN=N. The molecule has 3 heteroatoms. The molecule has 0 amide bonds. The van der Waals surface area contributed by atoms with Crippen molar-refractivity contribution >= 4 is 0 Å². The molecule has 0 fully saturated rings. The van der Waals surface area contributed by atoms with Crippen LogP contribution in [0.25, 0.3) is 0 Å². The highest BCUT2D eigenvalue weighted by molar-refractivity contribution is 4.48. The Morgan fingerprint density at radius 3 is 2.00 bits per heavy atom. The smallest absolute Gasteiger partial charge is 0.0485 e. The Hall–Kier alpha value is -0.860.